The van der Waals surface area contributed by atoms with E-state index < -0.39 is 10.0 Å². The number of rotatable bonds is 7. The van der Waals surface area contributed by atoms with Crippen LogP contribution >= 0.6 is 11.8 Å². The fourth-order valence-electron chi connectivity index (χ4n) is 3.49. The molecule has 0 aromatic heterocycles. The van der Waals surface area contributed by atoms with Crippen LogP contribution in [0, 0.1) is 0 Å². The Balaban J connectivity index is 1.80. The number of thioether (sulfide) groups is 1. The van der Waals surface area contributed by atoms with Gasteiger partial charge in [-0.3, -0.25) is 4.99 Å². The molecule has 0 saturated carbocycles. The number of hydrogen-bond donors (Lipinski definition) is 2. The lowest BCUT2D eigenvalue weighted by atomic mass is 9.99. The van der Waals surface area contributed by atoms with E-state index in [0.717, 1.165) is 51.4 Å². The van der Waals surface area contributed by atoms with Crippen LogP contribution in [0.3, 0.4) is 0 Å². The van der Waals surface area contributed by atoms with Crippen LogP contribution in [-0.4, -0.2) is 81.4 Å². The van der Waals surface area contributed by atoms with Gasteiger partial charge in [0.25, 0.3) is 0 Å². The monoisotopic (exact) mass is 406 g/mol. The van der Waals surface area contributed by atoms with Crippen molar-refractivity contribution in [3.05, 3.63) is 0 Å². The minimum absolute atomic E-state index is 0.202. The van der Waals surface area contributed by atoms with Gasteiger partial charge in [-0.2, -0.15) is 11.8 Å². The number of nitrogens with zero attached hydrogens (tertiary/aromatic N) is 2. The van der Waals surface area contributed by atoms with Crippen molar-refractivity contribution in [3.63, 3.8) is 0 Å². The predicted molar refractivity (Wildman–Crippen MR) is 109 cm³/mol. The van der Waals surface area contributed by atoms with E-state index >= 15 is 0 Å². The number of nitrogens with one attached hydrogen (secondary N) is 2. The Morgan fingerprint density at radius 3 is 2.50 bits per heavy atom. The summed E-state index contributed by atoms with van der Waals surface area (Å²) in [7, 11) is -1.30. The topological polar surface area (TPSA) is 83.0 Å². The van der Waals surface area contributed by atoms with Crippen LogP contribution in [0.25, 0.3) is 0 Å². The molecule has 0 aromatic carbocycles. The maximum Gasteiger partial charge on any atom is 0.214 e. The lowest BCUT2D eigenvalue weighted by Crippen LogP contribution is -2.52. The van der Waals surface area contributed by atoms with Gasteiger partial charge in [-0.05, 0) is 38.4 Å². The van der Waals surface area contributed by atoms with Crippen molar-refractivity contribution in [2.24, 2.45) is 4.99 Å². The van der Waals surface area contributed by atoms with Crippen molar-refractivity contribution < 1.29 is 13.2 Å². The average molecular weight is 407 g/mol. The number of ether oxygens (including phenoxy) is 1. The molecule has 0 spiro atoms. The van der Waals surface area contributed by atoms with E-state index in [4.69, 9.17) is 4.74 Å². The zero-order valence-electron chi connectivity index (χ0n) is 16.3. The minimum atomic E-state index is -3.08. The summed E-state index contributed by atoms with van der Waals surface area (Å²) in [4.78, 5) is 4.35. The average Bonchev–Trinajstić information content (AvgIpc) is 2.66. The van der Waals surface area contributed by atoms with Crippen LogP contribution in [0.15, 0.2) is 4.99 Å². The summed E-state index contributed by atoms with van der Waals surface area (Å²) < 4.78 is 31.7. The highest BCUT2D eigenvalue weighted by molar-refractivity contribution is 8.00. The zero-order valence-corrected chi connectivity index (χ0v) is 17.9. The first-order chi connectivity index (χ1) is 12.4. The number of aliphatic imine (C=N–C) groups is 1. The number of piperidine rings is 1. The van der Waals surface area contributed by atoms with Crippen LogP contribution in [-0.2, 0) is 14.8 Å². The van der Waals surface area contributed by atoms with Gasteiger partial charge >= 0.3 is 0 Å². The smallest absolute Gasteiger partial charge is 0.214 e. The number of hydrogen-bond acceptors (Lipinski definition) is 5. The van der Waals surface area contributed by atoms with E-state index in [1.165, 1.54) is 0 Å². The molecule has 0 aliphatic carbocycles. The Kier molecular flexibility index (Phi) is 8.50. The molecule has 2 aliphatic heterocycles. The summed E-state index contributed by atoms with van der Waals surface area (Å²) >= 11 is 1.90. The normalized spacial score (nSPS) is 23.0. The van der Waals surface area contributed by atoms with Gasteiger partial charge in [-0.25, -0.2) is 12.7 Å². The lowest BCUT2D eigenvalue weighted by molar-refractivity contribution is 0.0782. The first-order valence-corrected chi connectivity index (χ1v) is 12.4. The van der Waals surface area contributed by atoms with Crippen LogP contribution < -0.4 is 10.6 Å². The third kappa shape index (κ3) is 6.00. The lowest BCUT2D eigenvalue weighted by Gasteiger charge is -2.37. The van der Waals surface area contributed by atoms with Crippen molar-refractivity contribution in [2.45, 2.75) is 49.8 Å². The molecule has 2 aliphatic rings. The Labute approximate surface area is 162 Å². The Morgan fingerprint density at radius 1 is 1.31 bits per heavy atom. The minimum Gasteiger partial charge on any atom is -0.381 e. The van der Waals surface area contributed by atoms with Gasteiger partial charge in [-0.1, -0.05) is 6.92 Å². The quantitative estimate of drug-likeness (QED) is 0.489. The third-order valence-electron chi connectivity index (χ3n) is 5.29. The van der Waals surface area contributed by atoms with Crippen LogP contribution in [0.4, 0.5) is 0 Å². The second-order valence-corrected chi connectivity index (χ2v) is 10.4. The molecule has 7 nitrogen and oxygen atoms in total. The van der Waals surface area contributed by atoms with Gasteiger partial charge in [0.2, 0.25) is 10.0 Å². The largest absolute Gasteiger partial charge is 0.381 e. The van der Waals surface area contributed by atoms with E-state index in [-0.39, 0.29) is 16.5 Å². The Bertz CT molecular complexity index is 554. The SMILES string of the molecule is CCCS(=O)(=O)N1CCC(NC(=NC)NCC2(SC)CCOCC2)CC1. The molecule has 2 saturated heterocycles. The molecule has 152 valence electrons. The highest BCUT2D eigenvalue weighted by atomic mass is 32.2. The molecule has 26 heavy (non-hydrogen) atoms. The van der Waals surface area contributed by atoms with E-state index in [2.05, 4.69) is 21.9 Å². The molecule has 2 N–H and O–H groups in total. The maximum absolute atomic E-state index is 12.2. The third-order valence-corrected chi connectivity index (χ3v) is 8.78. The summed E-state index contributed by atoms with van der Waals surface area (Å²) in [5, 5.41) is 6.94. The Morgan fingerprint density at radius 2 is 1.96 bits per heavy atom. The maximum atomic E-state index is 12.2. The highest BCUT2D eigenvalue weighted by Gasteiger charge is 2.32. The van der Waals surface area contributed by atoms with Crippen LogP contribution in [0.2, 0.25) is 0 Å². The number of guanidine groups is 1. The van der Waals surface area contributed by atoms with Crippen LogP contribution in [0.5, 0.6) is 0 Å². The Hall–Kier alpha value is -0.510. The van der Waals surface area contributed by atoms with E-state index in [1.54, 1.807) is 11.4 Å². The fraction of sp³-hybridized carbons (Fsp3) is 0.941. The van der Waals surface area contributed by atoms with Crippen molar-refractivity contribution in [3.8, 4) is 0 Å². The predicted octanol–water partition coefficient (Wildman–Crippen LogP) is 1.27. The summed E-state index contributed by atoms with van der Waals surface area (Å²) in [6, 6.07) is 0.259. The van der Waals surface area contributed by atoms with Crippen molar-refractivity contribution in [1.29, 1.82) is 0 Å². The van der Waals surface area contributed by atoms with Crippen molar-refractivity contribution >= 4 is 27.7 Å². The molecule has 2 fully saturated rings. The molecule has 0 amide bonds. The molecular weight excluding hydrogens is 372 g/mol. The summed E-state index contributed by atoms with van der Waals surface area (Å²) in [6.07, 6.45) is 6.54. The molecule has 9 heteroatoms. The standard InChI is InChI=1S/C17H34N4O3S2/c1-4-13-26(22,23)21-9-5-15(6-10-21)20-16(18-2)19-14-17(25-3)7-11-24-12-8-17/h15H,4-14H2,1-3H3,(H2,18,19,20). The molecule has 0 aromatic rings. The van der Waals surface area contributed by atoms with Crippen LogP contribution in [0.1, 0.15) is 39.0 Å². The van der Waals surface area contributed by atoms with Gasteiger partial charge in [0.05, 0.1) is 5.75 Å². The van der Waals surface area contributed by atoms with Gasteiger partial charge in [0.15, 0.2) is 5.96 Å². The fourth-order valence-corrected chi connectivity index (χ4v) is 5.83. The molecule has 2 rings (SSSR count). The zero-order chi connectivity index (χ0) is 19.0. The first-order valence-electron chi connectivity index (χ1n) is 9.52. The first kappa shape index (κ1) is 21.8. The second kappa shape index (κ2) is 10.1. The van der Waals surface area contributed by atoms with Gasteiger partial charge in [0.1, 0.15) is 0 Å². The second-order valence-electron chi connectivity index (χ2n) is 7.06. The van der Waals surface area contributed by atoms with E-state index in [9.17, 15) is 8.42 Å². The summed E-state index contributed by atoms with van der Waals surface area (Å²) in [5.74, 6) is 1.05. The summed E-state index contributed by atoms with van der Waals surface area (Å²) in [6.45, 7) is 5.58. The van der Waals surface area contributed by atoms with Gasteiger partial charge in [0, 0.05) is 50.7 Å². The molecule has 0 atom stereocenters. The van der Waals surface area contributed by atoms with Gasteiger partial charge < -0.3 is 15.4 Å². The van der Waals surface area contributed by atoms with Crippen molar-refractivity contribution in [2.75, 3.05) is 51.9 Å². The van der Waals surface area contributed by atoms with E-state index in [1.807, 2.05) is 18.7 Å². The molecule has 0 unspecified atom stereocenters. The van der Waals surface area contributed by atoms with Crippen molar-refractivity contribution in [1.82, 2.24) is 14.9 Å². The van der Waals surface area contributed by atoms with Gasteiger partial charge in [-0.15, -0.1) is 0 Å². The van der Waals surface area contributed by atoms with E-state index in [0.29, 0.717) is 19.5 Å². The highest BCUT2D eigenvalue weighted by Crippen LogP contribution is 2.32. The number of sulfonamides is 1. The molecule has 2 heterocycles. The molecular formula is C17H34N4O3S2. The molecule has 0 bridgehead atoms. The molecule has 0 radical (unpaired) electrons. The summed E-state index contributed by atoms with van der Waals surface area (Å²) in [5.41, 5.74) is 0.